The fourth-order valence-corrected chi connectivity index (χ4v) is 3.60. The van der Waals surface area contributed by atoms with Gasteiger partial charge >= 0.3 is 0 Å². The number of amides is 2. The van der Waals surface area contributed by atoms with Crippen LogP contribution < -0.4 is 10.2 Å². The molecule has 4 heterocycles. The van der Waals surface area contributed by atoms with Crippen molar-refractivity contribution >= 4 is 17.6 Å². The smallest absolute Gasteiger partial charge is 0.245 e. The molecule has 2 amide bonds. The van der Waals surface area contributed by atoms with Crippen molar-refractivity contribution in [3.8, 4) is 11.5 Å². The highest BCUT2D eigenvalue weighted by atomic mass is 16.2. The summed E-state index contributed by atoms with van der Waals surface area (Å²) in [5.74, 6) is 1.33. The van der Waals surface area contributed by atoms with Gasteiger partial charge in [-0.3, -0.25) is 14.6 Å². The molecule has 0 bridgehead atoms. The number of anilines is 1. The lowest BCUT2D eigenvalue weighted by molar-refractivity contribution is -0.135. The summed E-state index contributed by atoms with van der Waals surface area (Å²) < 4.78 is 0. The molecule has 0 spiro atoms. The maximum atomic E-state index is 12.8. The first kappa shape index (κ1) is 17.4. The van der Waals surface area contributed by atoms with Gasteiger partial charge in [-0.05, 0) is 25.0 Å². The second-order valence-electron chi connectivity index (χ2n) is 7.07. The fraction of sp³-hybridized carbons (Fsp3) is 0.421. The summed E-state index contributed by atoms with van der Waals surface area (Å²) in [5, 5.41) is 2.76. The van der Waals surface area contributed by atoms with Gasteiger partial charge in [0.25, 0.3) is 0 Å². The lowest BCUT2D eigenvalue weighted by atomic mass is 10.0. The van der Waals surface area contributed by atoms with E-state index in [9.17, 15) is 9.59 Å². The number of fused-ring (bicyclic) bond motifs is 1. The van der Waals surface area contributed by atoms with Crippen molar-refractivity contribution < 1.29 is 9.59 Å². The Hall–Kier alpha value is -3.03. The van der Waals surface area contributed by atoms with Crippen LogP contribution in [0.2, 0.25) is 0 Å². The maximum Gasteiger partial charge on any atom is 0.245 e. The van der Waals surface area contributed by atoms with Crippen LogP contribution in [0, 0.1) is 0 Å². The molecule has 8 nitrogen and oxygen atoms in total. The second-order valence-corrected chi connectivity index (χ2v) is 7.07. The number of nitrogens with one attached hydrogen (secondary N) is 1. The van der Waals surface area contributed by atoms with Gasteiger partial charge in [0.05, 0.1) is 12.2 Å². The van der Waals surface area contributed by atoms with Crippen LogP contribution in [0.1, 0.15) is 24.1 Å². The maximum absolute atomic E-state index is 12.8. The molecule has 2 aromatic heterocycles. The topological polar surface area (TPSA) is 91.3 Å². The molecule has 0 aliphatic carbocycles. The Morgan fingerprint density at radius 2 is 2.11 bits per heavy atom. The average Bonchev–Trinajstić information content (AvgIpc) is 3.13. The van der Waals surface area contributed by atoms with E-state index in [4.69, 9.17) is 9.97 Å². The number of hydrogen-bond acceptors (Lipinski definition) is 6. The van der Waals surface area contributed by atoms with Crippen molar-refractivity contribution in [2.45, 2.75) is 31.8 Å². The minimum Gasteiger partial charge on any atom is -0.362 e. The van der Waals surface area contributed by atoms with E-state index in [0.29, 0.717) is 43.9 Å². The Kier molecular flexibility index (Phi) is 4.47. The fourth-order valence-electron chi connectivity index (χ4n) is 3.60. The van der Waals surface area contributed by atoms with Gasteiger partial charge in [-0.15, -0.1) is 0 Å². The van der Waals surface area contributed by atoms with Gasteiger partial charge in [0.1, 0.15) is 17.6 Å². The number of pyridine rings is 1. The molecule has 2 aromatic rings. The van der Waals surface area contributed by atoms with Crippen LogP contribution >= 0.6 is 0 Å². The first-order chi connectivity index (χ1) is 13.0. The highest BCUT2D eigenvalue weighted by Gasteiger charge is 2.33. The SMILES string of the molecule is CN(C)c1nc(-c2ccccn2)nc2c1CCN(C(=O)[C@H]1CCC(=O)N1)C2. The van der Waals surface area contributed by atoms with E-state index in [1.165, 1.54) is 0 Å². The molecule has 1 fully saturated rings. The van der Waals surface area contributed by atoms with Crippen molar-refractivity contribution in [2.24, 2.45) is 0 Å². The molecule has 0 unspecified atom stereocenters. The molecule has 0 aromatic carbocycles. The van der Waals surface area contributed by atoms with Crippen LogP contribution in [0.3, 0.4) is 0 Å². The third-order valence-electron chi connectivity index (χ3n) is 4.97. The quantitative estimate of drug-likeness (QED) is 0.863. The minimum atomic E-state index is -0.413. The highest BCUT2D eigenvalue weighted by Crippen LogP contribution is 2.28. The van der Waals surface area contributed by atoms with E-state index in [2.05, 4.69) is 10.3 Å². The number of rotatable bonds is 3. The summed E-state index contributed by atoms with van der Waals surface area (Å²) in [6, 6.07) is 5.22. The molecule has 140 valence electrons. The van der Waals surface area contributed by atoms with Gasteiger partial charge in [-0.1, -0.05) is 6.07 Å². The average molecular weight is 366 g/mol. The summed E-state index contributed by atoms with van der Waals surface area (Å²) in [6.45, 7) is 1.02. The van der Waals surface area contributed by atoms with Crippen molar-refractivity contribution in [3.63, 3.8) is 0 Å². The van der Waals surface area contributed by atoms with Crippen molar-refractivity contribution in [2.75, 3.05) is 25.5 Å². The van der Waals surface area contributed by atoms with E-state index < -0.39 is 6.04 Å². The van der Waals surface area contributed by atoms with Gasteiger partial charge in [0, 0.05) is 38.8 Å². The van der Waals surface area contributed by atoms with Gasteiger partial charge < -0.3 is 15.1 Å². The molecule has 8 heteroatoms. The zero-order valence-corrected chi connectivity index (χ0v) is 15.5. The molecule has 0 radical (unpaired) electrons. The highest BCUT2D eigenvalue weighted by molar-refractivity contribution is 5.91. The summed E-state index contributed by atoms with van der Waals surface area (Å²) in [6.07, 6.45) is 3.38. The first-order valence-corrected chi connectivity index (χ1v) is 9.09. The molecule has 1 atom stereocenters. The Morgan fingerprint density at radius 3 is 2.78 bits per heavy atom. The lowest BCUT2D eigenvalue weighted by Crippen LogP contribution is -2.46. The summed E-state index contributed by atoms with van der Waals surface area (Å²) >= 11 is 0. The van der Waals surface area contributed by atoms with Gasteiger partial charge in [0.2, 0.25) is 11.8 Å². The van der Waals surface area contributed by atoms with Crippen LogP contribution in [-0.4, -0.2) is 58.3 Å². The standard InChI is InChI=1S/C19H22N6O2/c1-24(2)18-12-8-10-25(19(27)14-6-7-16(26)21-14)11-15(12)22-17(23-18)13-5-3-4-9-20-13/h3-5,9,14H,6-8,10-11H2,1-2H3,(H,21,26)/t14-/m1/s1. The van der Waals surface area contributed by atoms with Crippen LogP contribution in [-0.2, 0) is 22.6 Å². The first-order valence-electron chi connectivity index (χ1n) is 9.09. The minimum absolute atomic E-state index is 0.0316. The van der Waals surface area contributed by atoms with E-state index in [0.717, 1.165) is 17.1 Å². The van der Waals surface area contributed by atoms with E-state index in [-0.39, 0.29) is 11.8 Å². The number of carbonyl (C=O) groups excluding carboxylic acids is 2. The summed E-state index contributed by atoms with van der Waals surface area (Å²) in [5.41, 5.74) is 2.62. The summed E-state index contributed by atoms with van der Waals surface area (Å²) in [4.78, 5) is 41.8. The predicted molar refractivity (Wildman–Crippen MR) is 99.9 cm³/mol. The lowest BCUT2D eigenvalue weighted by Gasteiger charge is -2.32. The Labute approximate surface area is 157 Å². The van der Waals surface area contributed by atoms with Crippen LogP contribution in [0.5, 0.6) is 0 Å². The largest absolute Gasteiger partial charge is 0.362 e. The third kappa shape index (κ3) is 3.34. The molecule has 4 rings (SSSR count). The van der Waals surface area contributed by atoms with Crippen molar-refractivity contribution in [1.82, 2.24) is 25.2 Å². The second kappa shape index (κ2) is 6.94. The normalized spacial score (nSPS) is 18.8. The molecular weight excluding hydrogens is 344 g/mol. The number of carbonyl (C=O) groups is 2. The predicted octanol–water partition coefficient (Wildman–Crippen LogP) is 0.768. The number of aromatic nitrogens is 3. The molecular formula is C19H22N6O2. The summed E-state index contributed by atoms with van der Waals surface area (Å²) in [7, 11) is 3.91. The van der Waals surface area contributed by atoms with Gasteiger partial charge in [0.15, 0.2) is 5.82 Å². The molecule has 2 aliphatic heterocycles. The zero-order valence-electron chi connectivity index (χ0n) is 15.5. The van der Waals surface area contributed by atoms with Gasteiger partial charge in [-0.25, -0.2) is 9.97 Å². The zero-order chi connectivity index (χ0) is 19.0. The van der Waals surface area contributed by atoms with E-state index in [1.807, 2.05) is 37.2 Å². The van der Waals surface area contributed by atoms with Crippen molar-refractivity contribution in [3.05, 3.63) is 35.7 Å². The molecule has 1 N–H and O–H groups in total. The number of hydrogen-bond donors (Lipinski definition) is 1. The van der Waals surface area contributed by atoms with Crippen LogP contribution in [0.4, 0.5) is 5.82 Å². The monoisotopic (exact) mass is 366 g/mol. The van der Waals surface area contributed by atoms with E-state index in [1.54, 1.807) is 11.1 Å². The Bertz CT molecular complexity index is 883. The molecule has 2 aliphatic rings. The Balaban J connectivity index is 1.66. The number of nitrogens with zero attached hydrogens (tertiary/aromatic N) is 5. The molecule has 27 heavy (non-hydrogen) atoms. The van der Waals surface area contributed by atoms with Gasteiger partial charge in [-0.2, -0.15) is 0 Å². The molecule has 0 saturated carbocycles. The van der Waals surface area contributed by atoms with Crippen LogP contribution in [0.15, 0.2) is 24.4 Å². The van der Waals surface area contributed by atoms with Crippen LogP contribution in [0.25, 0.3) is 11.5 Å². The third-order valence-corrected chi connectivity index (χ3v) is 4.97. The Morgan fingerprint density at radius 1 is 1.26 bits per heavy atom. The van der Waals surface area contributed by atoms with E-state index >= 15 is 0 Å². The molecule has 1 saturated heterocycles. The van der Waals surface area contributed by atoms with Crippen molar-refractivity contribution in [1.29, 1.82) is 0 Å².